The molecule has 2 aliphatic heterocycles. The van der Waals surface area contributed by atoms with Crippen LogP contribution in [0.2, 0.25) is 0 Å². The molecule has 0 radical (unpaired) electrons. The van der Waals surface area contributed by atoms with E-state index in [1.165, 1.54) is 0 Å². The molecule has 1 atom stereocenters. The predicted octanol–water partition coefficient (Wildman–Crippen LogP) is 1.41. The fourth-order valence-electron chi connectivity index (χ4n) is 3.37. The van der Waals surface area contributed by atoms with Gasteiger partial charge in [-0.05, 0) is 39.2 Å². The Balaban J connectivity index is 1.67. The molecule has 2 aliphatic rings. The van der Waals surface area contributed by atoms with Gasteiger partial charge in [0.05, 0.1) is 29.9 Å². The number of aryl methyl sites for hydroxylation is 2. The second-order valence-corrected chi connectivity index (χ2v) is 7.37. The van der Waals surface area contributed by atoms with Crippen molar-refractivity contribution in [3.63, 3.8) is 0 Å². The van der Waals surface area contributed by atoms with Crippen molar-refractivity contribution in [3.05, 3.63) is 17.5 Å². The second kappa shape index (κ2) is 6.95. The second-order valence-electron chi connectivity index (χ2n) is 6.42. The molecule has 2 fully saturated rings. The maximum Gasteiger partial charge on any atom is 0.242 e. The SMILES string of the molecule is Cc1cc(C)n(C[C@@H]2CCCCN2C(=O)CN2CSCC2=O)n1. The van der Waals surface area contributed by atoms with Crippen molar-refractivity contribution in [2.24, 2.45) is 0 Å². The van der Waals surface area contributed by atoms with Crippen LogP contribution >= 0.6 is 11.8 Å². The van der Waals surface area contributed by atoms with E-state index in [2.05, 4.69) is 18.1 Å². The van der Waals surface area contributed by atoms with E-state index in [1.807, 2.05) is 16.5 Å². The third-order valence-electron chi connectivity index (χ3n) is 4.59. The van der Waals surface area contributed by atoms with Crippen LogP contribution in [0.4, 0.5) is 0 Å². The van der Waals surface area contributed by atoms with Gasteiger partial charge in [0.25, 0.3) is 0 Å². The van der Waals surface area contributed by atoms with E-state index in [4.69, 9.17) is 0 Å². The molecule has 2 amide bonds. The third kappa shape index (κ3) is 3.71. The van der Waals surface area contributed by atoms with Gasteiger partial charge in [-0.25, -0.2) is 0 Å². The van der Waals surface area contributed by atoms with Gasteiger partial charge in [-0.1, -0.05) is 0 Å². The van der Waals surface area contributed by atoms with Crippen LogP contribution in [0.15, 0.2) is 6.07 Å². The lowest BCUT2D eigenvalue weighted by atomic mass is 10.0. The van der Waals surface area contributed by atoms with Crippen LogP contribution in [0.5, 0.6) is 0 Å². The first kappa shape index (κ1) is 16.4. The van der Waals surface area contributed by atoms with Crippen molar-refractivity contribution in [1.82, 2.24) is 19.6 Å². The van der Waals surface area contributed by atoms with Crippen LogP contribution in [0.25, 0.3) is 0 Å². The molecule has 0 aliphatic carbocycles. The van der Waals surface area contributed by atoms with Crippen LogP contribution in [-0.2, 0) is 16.1 Å². The largest absolute Gasteiger partial charge is 0.336 e. The average Bonchev–Trinajstić information content (AvgIpc) is 3.05. The number of hydrogen-bond acceptors (Lipinski definition) is 4. The van der Waals surface area contributed by atoms with Crippen LogP contribution in [0, 0.1) is 13.8 Å². The molecule has 0 bridgehead atoms. The van der Waals surface area contributed by atoms with Gasteiger partial charge >= 0.3 is 0 Å². The van der Waals surface area contributed by atoms with Crippen molar-refractivity contribution in [2.75, 3.05) is 24.7 Å². The Hall–Kier alpha value is -1.50. The van der Waals surface area contributed by atoms with E-state index >= 15 is 0 Å². The Morgan fingerprint density at radius 2 is 2.22 bits per heavy atom. The molecule has 3 rings (SSSR count). The molecule has 23 heavy (non-hydrogen) atoms. The lowest BCUT2D eigenvalue weighted by Gasteiger charge is -2.36. The highest BCUT2D eigenvalue weighted by Crippen LogP contribution is 2.21. The number of rotatable bonds is 4. The standard InChI is InChI=1S/C16H24N4O2S/c1-12-7-13(2)20(17-12)8-14-5-3-4-6-19(14)15(21)9-18-11-23-10-16(18)22/h7,14H,3-6,8-11H2,1-2H3/t14-/m0/s1. The number of amides is 2. The van der Waals surface area contributed by atoms with Gasteiger partial charge in [-0.2, -0.15) is 5.10 Å². The Kier molecular flexibility index (Phi) is 4.94. The van der Waals surface area contributed by atoms with Crippen molar-refractivity contribution in [2.45, 2.75) is 45.7 Å². The van der Waals surface area contributed by atoms with Gasteiger partial charge in [-0.15, -0.1) is 11.8 Å². The monoisotopic (exact) mass is 336 g/mol. The molecule has 0 spiro atoms. The first-order valence-electron chi connectivity index (χ1n) is 8.20. The molecule has 7 heteroatoms. The summed E-state index contributed by atoms with van der Waals surface area (Å²) in [5, 5.41) is 4.52. The van der Waals surface area contributed by atoms with Crippen LogP contribution in [0.1, 0.15) is 30.7 Å². The number of nitrogens with zero attached hydrogens (tertiary/aromatic N) is 4. The van der Waals surface area contributed by atoms with E-state index < -0.39 is 0 Å². The fourth-order valence-corrected chi connectivity index (χ4v) is 4.28. The van der Waals surface area contributed by atoms with Crippen LogP contribution < -0.4 is 0 Å². The van der Waals surface area contributed by atoms with Gasteiger partial charge in [0.15, 0.2) is 0 Å². The summed E-state index contributed by atoms with van der Waals surface area (Å²) in [5.41, 5.74) is 2.14. The molecule has 0 N–H and O–H groups in total. The van der Waals surface area contributed by atoms with Gasteiger partial charge < -0.3 is 9.80 Å². The van der Waals surface area contributed by atoms with Crippen LogP contribution in [0.3, 0.4) is 0 Å². The number of carbonyl (C=O) groups is 2. The van der Waals surface area contributed by atoms with Gasteiger partial charge in [0, 0.05) is 12.2 Å². The lowest BCUT2D eigenvalue weighted by Crippen LogP contribution is -2.50. The van der Waals surface area contributed by atoms with Crippen molar-refractivity contribution in [1.29, 1.82) is 0 Å². The molecule has 1 aromatic rings. The number of likely N-dealkylation sites (tertiary alicyclic amines) is 1. The number of aromatic nitrogens is 2. The van der Waals surface area contributed by atoms with Crippen molar-refractivity contribution >= 4 is 23.6 Å². The molecule has 0 unspecified atom stereocenters. The summed E-state index contributed by atoms with van der Waals surface area (Å²) in [6.07, 6.45) is 3.20. The van der Waals surface area contributed by atoms with E-state index in [0.29, 0.717) is 11.6 Å². The maximum atomic E-state index is 12.7. The zero-order chi connectivity index (χ0) is 16.4. The lowest BCUT2D eigenvalue weighted by molar-refractivity contribution is -0.140. The molecule has 0 aromatic carbocycles. The van der Waals surface area contributed by atoms with Crippen LogP contribution in [-0.4, -0.2) is 62.2 Å². The Bertz CT molecular complexity index is 601. The van der Waals surface area contributed by atoms with Gasteiger partial charge in [0.2, 0.25) is 11.8 Å². The van der Waals surface area contributed by atoms with Crippen molar-refractivity contribution < 1.29 is 9.59 Å². The zero-order valence-corrected chi connectivity index (χ0v) is 14.6. The van der Waals surface area contributed by atoms with Crippen molar-refractivity contribution in [3.8, 4) is 0 Å². The van der Waals surface area contributed by atoms with Gasteiger partial charge in [-0.3, -0.25) is 14.3 Å². The average molecular weight is 336 g/mol. The number of hydrogen-bond donors (Lipinski definition) is 0. The quantitative estimate of drug-likeness (QED) is 0.834. The summed E-state index contributed by atoms with van der Waals surface area (Å²) in [5.74, 6) is 1.30. The first-order chi connectivity index (χ1) is 11.0. The normalized spacial score (nSPS) is 22.0. The highest BCUT2D eigenvalue weighted by atomic mass is 32.2. The summed E-state index contributed by atoms with van der Waals surface area (Å²) < 4.78 is 2.00. The highest BCUT2D eigenvalue weighted by Gasteiger charge is 2.31. The molecule has 0 saturated carbocycles. The molecule has 3 heterocycles. The minimum absolute atomic E-state index is 0.0760. The Labute approximate surface area is 141 Å². The predicted molar refractivity (Wildman–Crippen MR) is 90.1 cm³/mol. The van der Waals surface area contributed by atoms with E-state index in [1.54, 1.807) is 16.7 Å². The minimum Gasteiger partial charge on any atom is -0.336 e. The van der Waals surface area contributed by atoms with E-state index in [9.17, 15) is 9.59 Å². The smallest absolute Gasteiger partial charge is 0.242 e. The maximum absolute atomic E-state index is 12.7. The Morgan fingerprint density at radius 3 is 2.87 bits per heavy atom. The topological polar surface area (TPSA) is 58.4 Å². The summed E-state index contributed by atoms with van der Waals surface area (Å²) in [6, 6.07) is 2.24. The molecule has 126 valence electrons. The molecule has 2 saturated heterocycles. The summed E-state index contributed by atoms with van der Waals surface area (Å²) in [6.45, 7) is 5.80. The first-order valence-corrected chi connectivity index (χ1v) is 9.36. The Morgan fingerprint density at radius 1 is 1.39 bits per heavy atom. The molecular weight excluding hydrogens is 312 g/mol. The summed E-state index contributed by atoms with van der Waals surface area (Å²) >= 11 is 1.58. The fraction of sp³-hybridized carbons (Fsp3) is 0.688. The van der Waals surface area contributed by atoms with Gasteiger partial charge in [0.1, 0.15) is 6.54 Å². The van der Waals surface area contributed by atoms with E-state index in [0.717, 1.165) is 43.7 Å². The third-order valence-corrected chi connectivity index (χ3v) is 5.53. The molecular formula is C16H24N4O2S. The highest BCUT2D eigenvalue weighted by molar-refractivity contribution is 8.00. The number of thioether (sulfide) groups is 1. The summed E-state index contributed by atoms with van der Waals surface area (Å²) in [7, 11) is 0. The van der Waals surface area contributed by atoms with E-state index in [-0.39, 0.29) is 24.4 Å². The minimum atomic E-state index is 0.0760. The number of carbonyl (C=O) groups excluding carboxylic acids is 2. The zero-order valence-electron chi connectivity index (χ0n) is 13.8. The number of piperidine rings is 1. The molecule has 6 nitrogen and oxygen atoms in total. The summed E-state index contributed by atoms with van der Waals surface area (Å²) in [4.78, 5) is 28.1. The molecule has 1 aromatic heterocycles.